The van der Waals surface area contributed by atoms with E-state index in [0.29, 0.717) is 11.6 Å². The topological polar surface area (TPSA) is 15.3 Å². The predicted octanol–water partition coefficient (Wildman–Crippen LogP) is 4.64. The number of nitrogens with zero attached hydrogens (tertiary/aromatic N) is 1. The van der Waals surface area contributed by atoms with Crippen LogP contribution >= 0.6 is 27.3 Å². The summed E-state index contributed by atoms with van der Waals surface area (Å²) in [7, 11) is 0. The first-order valence-electron chi connectivity index (χ1n) is 8.34. The van der Waals surface area contributed by atoms with Crippen LogP contribution in [0.3, 0.4) is 0 Å². The molecule has 2 fully saturated rings. The van der Waals surface area contributed by atoms with E-state index < -0.39 is 0 Å². The standard InChI is InChI=1S/C17H27BrN2S/c1-3-13(2)15-10-19-17(7-4-5-8-17)12-20(15)11-16-14(18)6-9-21-16/h6,9,13,15,19H,3-5,7-8,10-12H2,1-2H3. The third-order valence-corrected chi connectivity index (χ3v) is 7.47. The van der Waals surface area contributed by atoms with E-state index in [0.717, 1.165) is 19.0 Å². The maximum Gasteiger partial charge on any atom is 0.0343 e. The maximum atomic E-state index is 3.93. The van der Waals surface area contributed by atoms with Gasteiger partial charge in [-0.2, -0.15) is 0 Å². The fourth-order valence-corrected chi connectivity index (χ4v) is 5.53. The number of halogens is 1. The van der Waals surface area contributed by atoms with Crippen LogP contribution in [-0.2, 0) is 6.54 Å². The van der Waals surface area contributed by atoms with Crippen molar-refractivity contribution in [3.05, 3.63) is 20.8 Å². The number of hydrogen-bond donors (Lipinski definition) is 1. The van der Waals surface area contributed by atoms with E-state index in [4.69, 9.17) is 0 Å². The minimum atomic E-state index is 0.410. The molecule has 1 N–H and O–H groups in total. The molecule has 0 amide bonds. The summed E-state index contributed by atoms with van der Waals surface area (Å²) in [4.78, 5) is 4.26. The Labute approximate surface area is 141 Å². The smallest absolute Gasteiger partial charge is 0.0343 e. The van der Waals surface area contributed by atoms with E-state index in [1.165, 1.54) is 48.0 Å². The monoisotopic (exact) mass is 370 g/mol. The summed E-state index contributed by atoms with van der Waals surface area (Å²) < 4.78 is 1.29. The SMILES string of the molecule is CCC(C)C1CNC2(CCCC2)CN1Cc1sccc1Br. The van der Waals surface area contributed by atoms with Gasteiger partial charge in [0.25, 0.3) is 0 Å². The molecular formula is C17H27BrN2S. The lowest BCUT2D eigenvalue weighted by atomic mass is 9.87. The quantitative estimate of drug-likeness (QED) is 0.829. The molecule has 1 saturated carbocycles. The van der Waals surface area contributed by atoms with E-state index in [9.17, 15) is 0 Å². The van der Waals surface area contributed by atoms with E-state index in [2.05, 4.69) is 51.4 Å². The second-order valence-electron chi connectivity index (χ2n) is 6.92. The van der Waals surface area contributed by atoms with Gasteiger partial charge in [-0.3, -0.25) is 4.90 Å². The Morgan fingerprint density at radius 3 is 2.86 bits per heavy atom. The van der Waals surface area contributed by atoms with Gasteiger partial charge in [-0.1, -0.05) is 33.1 Å². The fraction of sp³-hybridized carbons (Fsp3) is 0.765. The normalized spacial score (nSPS) is 27.3. The van der Waals surface area contributed by atoms with Crippen molar-refractivity contribution in [1.29, 1.82) is 0 Å². The number of nitrogens with one attached hydrogen (secondary N) is 1. The van der Waals surface area contributed by atoms with Gasteiger partial charge in [-0.05, 0) is 46.1 Å². The predicted molar refractivity (Wildman–Crippen MR) is 94.9 cm³/mol. The first kappa shape index (κ1) is 16.0. The molecule has 2 atom stereocenters. The van der Waals surface area contributed by atoms with Crippen LogP contribution in [-0.4, -0.2) is 29.6 Å². The Kier molecular flexibility index (Phi) is 5.09. The zero-order valence-corrected chi connectivity index (χ0v) is 15.6. The van der Waals surface area contributed by atoms with Crippen molar-refractivity contribution >= 4 is 27.3 Å². The van der Waals surface area contributed by atoms with Crippen LogP contribution in [0.2, 0.25) is 0 Å². The molecule has 1 saturated heterocycles. The summed E-state index contributed by atoms with van der Waals surface area (Å²) in [6, 6.07) is 2.86. The molecule has 118 valence electrons. The molecule has 0 bridgehead atoms. The van der Waals surface area contributed by atoms with Crippen LogP contribution < -0.4 is 5.32 Å². The zero-order valence-electron chi connectivity index (χ0n) is 13.2. The highest BCUT2D eigenvalue weighted by atomic mass is 79.9. The lowest BCUT2D eigenvalue weighted by Crippen LogP contribution is -2.64. The van der Waals surface area contributed by atoms with E-state index in [1.54, 1.807) is 0 Å². The molecule has 0 aromatic carbocycles. The maximum absolute atomic E-state index is 3.93. The van der Waals surface area contributed by atoms with Gasteiger partial charge in [-0.25, -0.2) is 0 Å². The molecular weight excluding hydrogens is 344 g/mol. The molecule has 0 radical (unpaired) electrons. The molecule has 1 aromatic rings. The summed E-state index contributed by atoms with van der Waals surface area (Å²) >= 11 is 5.60. The number of piperazine rings is 1. The van der Waals surface area contributed by atoms with E-state index >= 15 is 0 Å². The number of thiophene rings is 1. The second-order valence-corrected chi connectivity index (χ2v) is 8.77. The third-order valence-electron chi connectivity index (χ3n) is 5.56. The minimum Gasteiger partial charge on any atom is -0.308 e. The van der Waals surface area contributed by atoms with E-state index in [-0.39, 0.29) is 0 Å². The summed E-state index contributed by atoms with van der Waals surface area (Å²) in [5, 5.41) is 6.13. The molecule has 1 aliphatic carbocycles. The highest BCUT2D eigenvalue weighted by Gasteiger charge is 2.42. The first-order valence-corrected chi connectivity index (χ1v) is 10.0. The van der Waals surface area contributed by atoms with Gasteiger partial charge in [0.05, 0.1) is 0 Å². The Hall–Kier alpha value is 0.100. The Balaban J connectivity index is 1.77. The Morgan fingerprint density at radius 2 is 2.24 bits per heavy atom. The summed E-state index contributed by atoms with van der Waals surface area (Å²) in [6.45, 7) is 8.24. The summed E-state index contributed by atoms with van der Waals surface area (Å²) in [5.41, 5.74) is 0.410. The van der Waals surface area contributed by atoms with Crippen molar-refractivity contribution in [3.63, 3.8) is 0 Å². The van der Waals surface area contributed by atoms with Gasteiger partial charge in [0.15, 0.2) is 0 Å². The van der Waals surface area contributed by atoms with Crippen LogP contribution in [0.1, 0.15) is 50.8 Å². The molecule has 2 heterocycles. The van der Waals surface area contributed by atoms with Crippen molar-refractivity contribution in [1.82, 2.24) is 10.2 Å². The summed E-state index contributed by atoms with van der Waals surface area (Å²) in [6.07, 6.45) is 6.79. The van der Waals surface area contributed by atoms with Gasteiger partial charge in [0, 0.05) is 40.6 Å². The van der Waals surface area contributed by atoms with Crippen molar-refractivity contribution < 1.29 is 0 Å². The Morgan fingerprint density at radius 1 is 1.48 bits per heavy atom. The molecule has 2 aliphatic rings. The lowest BCUT2D eigenvalue weighted by Gasteiger charge is -2.48. The van der Waals surface area contributed by atoms with Crippen molar-refractivity contribution in [2.45, 2.75) is 64.1 Å². The third kappa shape index (κ3) is 3.39. The van der Waals surface area contributed by atoms with Gasteiger partial charge in [0.2, 0.25) is 0 Å². The largest absolute Gasteiger partial charge is 0.308 e. The highest BCUT2D eigenvalue weighted by molar-refractivity contribution is 9.10. The first-order chi connectivity index (χ1) is 10.1. The molecule has 4 heteroatoms. The van der Waals surface area contributed by atoms with Gasteiger partial charge < -0.3 is 5.32 Å². The average Bonchev–Trinajstić information content (AvgIpc) is 3.09. The molecule has 2 unspecified atom stereocenters. The minimum absolute atomic E-state index is 0.410. The van der Waals surface area contributed by atoms with E-state index in [1.807, 2.05) is 11.3 Å². The summed E-state index contributed by atoms with van der Waals surface area (Å²) in [5.74, 6) is 0.759. The van der Waals surface area contributed by atoms with Crippen LogP contribution in [0.4, 0.5) is 0 Å². The van der Waals surface area contributed by atoms with Gasteiger partial charge >= 0.3 is 0 Å². The highest BCUT2D eigenvalue weighted by Crippen LogP contribution is 2.36. The number of hydrogen-bond acceptors (Lipinski definition) is 3. The molecule has 1 spiro atoms. The van der Waals surface area contributed by atoms with Crippen LogP contribution in [0.15, 0.2) is 15.9 Å². The van der Waals surface area contributed by atoms with Gasteiger partial charge in [0.1, 0.15) is 0 Å². The lowest BCUT2D eigenvalue weighted by molar-refractivity contribution is 0.0462. The molecule has 21 heavy (non-hydrogen) atoms. The molecule has 2 nitrogen and oxygen atoms in total. The van der Waals surface area contributed by atoms with Crippen molar-refractivity contribution in [2.24, 2.45) is 5.92 Å². The molecule has 3 rings (SSSR count). The van der Waals surface area contributed by atoms with Gasteiger partial charge in [-0.15, -0.1) is 11.3 Å². The van der Waals surface area contributed by atoms with Crippen LogP contribution in [0, 0.1) is 5.92 Å². The van der Waals surface area contributed by atoms with Crippen molar-refractivity contribution in [2.75, 3.05) is 13.1 Å². The zero-order chi connectivity index (χ0) is 14.9. The Bertz CT molecular complexity index is 467. The average molecular weight is 371 g/mol. The second kappa shape index (κ2) is 6.69. The van der Waals surface area contributed by atoms with Crippen molar-refractivity contribution in [3.8, 4) is 0 Å². The van der Waals surface area contributed by atoms with Crippen LogP contribution in [0.25, 0.3) is 0 Å². The fourth-order valence-electron chi connectivity index (χ4n) is 4.03. The molecule has 1 aromatic heterocycles. The van der Waals surface area contributed by atoms with Crippen LogP contribution in [0.5, 0.6) is 0 Å². The number of rotatable bonds is 4. The molecule has 1 aliphatic heterocycles.